The summed E-state index contributed by atoms with van der Waals surface area (Å²) in [6.45, 7) is 21.8. The minimum atomic E-state index is -1.02. The van der Waals surface area contributed by atoms with Gasteiger partial charge in [0.15, 0.2) is 0 Å². The Morgan fingerprint density at radius 3 is 1.08 bits per heavy atom. The lowest BCUT2D eigenvalue weighted by molar-refractivity contribution is -0.143. The zero-order valence-corrected chi connectivity index (χ0v) is 41.0. The minimum Gasteiger partial charge on any atom is -0.480 e. The molecule has 364 valence electrons. The summed E-state index contributed by atoms with van der Waals surface area (Å²) in [7, 11) is 2.57. The number of aliphatic carboxylic acids is 1. The van der Waals surface area contributed by atoms with Gasteiger partial charge in [-0.05, 0) is 86.7 Å². The lowest BCUT2D eigenvalue weighted by Gasteiger charge is -2.22. The first-order valence-corrected chi connectivity index (χ1v) is 21.4. The van der Waals surface area contributed by atoms with E-state index in [0.29, 0.717) is 17.8 Å². The van der Waals surface area contributed by atoms with Gasteiger partial charge in [-0.1, -0.05) is 98.7 Å². The molecule has 0 bridgehead atoms. The van der Waals surface area contributed by atoms with Crippen molar-refractivity contribution in [1.82, 2.24) is 5.32 Å². The molecule has 4 amide bonds. The summed E-state index contributed by atoms with van der Waals surface area (Å²) in [6.07, 6.45) is 0.217. The molecule has 0 fully saturated rings. The molecule has 0 aromatic heterocycles. The Morgan fingerprint density at radius 2 is 0.803 bits per heavy atom. The monoisotopic (exact) mass is 921 g/mol. The third-order valence-corrected chi connectivity index (χ3v) is 9.03. The molecule has 3 aromatic carbocycles. The molecule has 9 N–H and O–H groups in total. The smallest absolute Gasteiger partial charge is 0.408 e. The summed E-state index contributed by atoms with van der Waals surface area (Å²) in [5, 5.41) is 19.7. The summed E-state index contributed by atoms with van der Waals surface area (Å²) in [4.78, 5) is 81.5. The van der Waals surface area contributed by atoms with Crippen LogP contribution in [0.4, 0.5) is 21.9 Å². The summed E-state index contributed by atoms with van der Waals surface area (Å²) in [6, 6.07) is 18.9. The van der Waals surface area contributed by atoms with E-state index in [1.54, 1.807) is 81.4 Å². The van der Waals surface area contributed by atoms with E-state index < -0.39 is 64.0 Å². The molecule has 0 radical (unpaired) electrons. The molecule has 3 atom stereocenters. The quantitative estimate of drug-likeness (QED) is 0.0703. The summed E-state index contributed by atoms with van der Waals surface area (Å²) in [5.74, 6) is -2.22. The van der Waals surface area contributed by atoms with E-state index in [0.717, 1.165) is 22.4 Å². The molecule has 3 rings (SSSR count). The van der Waals surface area contributed by atoms with Gasteiger partial charge in [-0.2, -0.15) is 0 Å². The number of nitrogens with two attached hydrogens (primary N) is 2. The van der Waals surface area contributed by atoms with E-state index in [-0.39, 0.29) is 30.6 Å². The summed E-state index contributed by atoms with van der Waals surface area (Å²) < 4.78 is 14.5. The van der Waals surface area contributed by atoms with Gasteiger partial charge >= 0.3 is 24.0 Å². The summed E-state index contributed by atoms with van der Waals surface area (Å²) in [5.41, 5.74) is 13.7. The number of nitrogens with one attached hydrogen (secondary N) is 4. The number of rotatable bonds is 13. The van der Waals surface area contributed by atoms with Gasteiger partial charge in [0.05, 0.1) is 14.2 Å². The predicted molar refractivity (Wildman–Crippen MR) is 255 cm³/mol. The largest absolute Gasteiger partial charge is 0.480 e. The van der Waals surface area contributed by atoms with Gasteiger partial charge in [0.1, 0.15) is 23.7 Å². The lowest BCUT2D eigenvalue weighted by atomic mass is 9.95. The molecule has 17 nitrogen and oxygen atoms in total. The number of alkyl carbamates (subject to hydrolysis) is 1. The van der Waals surface area contributed by atoms with Gasteiger partial charge < -0.3 is 52.1 Å². The number of carbonyl (C=O) groups excluding carboxylic acids is 6. The Morgan fingerprint density at radius 1 is 0.500 bits per heavy atom. The number of hydrogen-bond acceptors (Lipinski definition) is 12. The second kappa shape index (κ2) is 25.4. The van der Waals surface area contributed by atoms with E-state index in [1.807, 2.05) is 74.4 Å². The molecular weight excluding hydrogens is 849 g/mol. The highest BCUT2D eigenvalue weighted by Crippen LogP contribution is 2.21. The third-order valence-electron chi connectivity index (χ3n) is 9.03. The Bertz CT molecular complexity index is 2080. The van der Waals surface area contributed by atoms with Crippen molar-refractivity contribution in [3.63, 3.8) is 0 Å². The van der Waals surface area contributed by atoms with Crippen LogP contribution >= 0.6 is 0 Å². The molecule has 0 saturated heterocycles. The average Bonchev–Trinajstić information content (AvgIpc) is 3.20. The van der Waals surface area contributed by atoms with Crippen LogP contribution in [0.15, 0.2) is 72.8 Å². The Balaban J connectivity index is 0.000000505. The molecule has 3 aromatic rings. The topological polar surface area (TPSA) is 268 Å². The number of carboxylic acid groups (broad SMARTS) is 1. The highest BCUT2D eigenvalue weighted by molar-refractivity contribution is 5.95. The molecule has 17 heteroatoms. The number of ether oxygens (including phenoxy) is 3. The lowest BCUT2D eigenvalue weighted by Crippen LogP contribution is -2.45. The molecule has 66 heavy (non-hydrogen) atoms. The predicted octanol–water partition coefficient (Wildman–Crippen LogP) is 6.62. The minimum absolute atomic E-state index is 0.0449. The van der Waals surface area contributed by atoms with Gasteiger partial charge in [0.25, 0.3) is 0 Å². The Kier molecular flexibility index (Phi) is 22.2. The number of benzene rings is 3. The van der Waals surface area contributed by atoms with Gasteiger partial charge in [-0.3, -0.25) is 24.0 Å². The van der Waals surface area contributed by atoms with Crippen molar-refractivity contribution in [3.05, 3.63) is 89.5 Å². The van der Waals surface area contributed by atoms with Crippen molar-refractivity contribution in [2.45, 2.75) is 126 Å². The molecule has 0 unspecified atom stereocenters. The fourth-order valence-electron chi connectivity index (χ4n) is 4.98. The van der Waals surface area contributed by atoms with E-state index >= 15 is 0 Å². The summed E-state index contributed by atoms with van der Waals surface area (Å²) >= 11 is 0. The zero-order valence-electron chi connectivity index (χ0n) is 41.0. The van der Waals surface area contributed by atoms with Crippen molar-refractivity contribution in [1.29, 1.82) is 0 Å². The van der Waals surface area contributed by atoms with Crippen molar-refractivity contribution < 1.29 is 52.9 Å². The van der Waals surface area contributed by atoms with E-state index in [2.05, 4.69) is 26.0 Å². The highest BCUT2D eigenvalue weighted by Gasteiger charge is 2.27. The van der Waals surface area contributed by atoms with Crippen LogP contribution in [0.5, 0.6) is 0 Å². The van der Waals surface area contributed by atoms with Crippen LogP contribution in [0.3, 0.4) is 0 Å². The molecule has 0 spiro atoms. The molecule has 0 aliphatic carbocycles. The number of carboxylic acids is 1. The van der Waals surface area contributed by atoms with Gasteiger partial charge in [-0.15, -0.1) is 0 Å². The number of anilines is 3. The normalized spacial score (nSPS) is 12.7. The third kappa shape index (κ3) is 22.5. The number of esters is 2. The van der Waals surface area contributed by atoms with Crippen molar-refractivity contribution in [2.24, 2.45) is 27.7 Å². The Labute approximate surface area is 389 Å². The maximum absolute atomic E-state index is 12.0. The standard InChI is InChI=1S/C20H30N2O5.C15H22N2O3.C14H20N2O3/c1-19(2,3)17(24)21-14-10-8-13(9-11-14)12-15(16(23)26-7)22-18(25)27-20(4,5)6;1-15(2,3)14(19)17-11-7-5-10(6-8-11)9-12(16)13(18)20-4;1-14(2,3)13(19)16-10-6-4-9(5-7-10)8-11(15)12(17)18/h8-11,15H,12H2,1-7H3,(H,21,24)(H,22,25);5-8,12H,9,16H2,1-4H3,(H,17,19);4-7,11H,8,15H2,1-3H3,(H,16,19)(H,17,18)/t15-;12-;11-/m000/s1. The van der Waals surface area contributed by atoms with Crippen LogP contribution in [0, 0.1) is 16.2 Å². The van der Waals surface area contributed by atoms with Gasteiger partial charge in [-0.25, -0.2) is 9.59 Å². The maximum Gasteiger partial charge on any atom is 0.408 e. The van der Waals surface area contributed by atoms with Crippen molar-refractivity contribution >= 4 is 58.8 Å². The Hall–Kier alpha value is -6.33. The van der Waals surface area contributed by atoms with Crippen LogP contribution in [0.2, 0.25) is 0 Å². The zero-order chi connectivity index (χ0) is 50.8. The first-order chi connectivity index (χ1) is 30.2. The second-order valence-corrected chi connectivity index (χ2v) is 19.6. The van der Waals surface area contributed by atoms with E-state index in [9.17, 15) is 33.6 Å². The van der Waals surface area contributed by atoms with Crippen LogP contribution in [-0.2, 0) is 62.2 Å². The molecular formula is C49H72N6O11. The first-order valence-electron chi connectivity index (χ1n) is 21.4. The van der Waals surface area contributed by atoms with Crippen LogP contribution in [0.25, 0.3) is 0 Å². The second-order valence-electron chi connectivity index (χ2n) is 19.6. The fourth-order valence-corrected chi connectivity index (χ4v) is 4.98. The number of carbonyl (C=O) groups is 7. The average molecular weight is 921 g/mol. The number of methoxy groups -OCH3 is 2. The van der Waals surface area contributed by atoms with Crippen LogP contribution in [-0.4, -0.2) is 84.8 Å². The molecule has 0 saturated carbocycles. The molecule has 0 heterocycles. The number of hydrogen-bond donors (Lipinski definition) is 7. The van der Waals surface area contributed by atoms with Crippen molar-refractivity contribution in [3.8, 4) is 0 Å². The first kappa shape index (κ1) is 57.7. The van der Waals surface area contributed by atoms with Crippen LogP contribution < -0.4 is 32.7 Å². The SMILES string of the molecule is CC(C)(C)C(=O)Nc1ccc(C[C@H](N)C(=O)O)cc1.COC(=O)[C@@H](N)Cc1ccc(NC(=O)C(C)(C)C)cc1.COC(=O)[C@H](Cc1ccc(NC(=O)C(C)(C)C)cc1)NC(=O)OC(C)(C)C. The fraction of sp³-hybridized carbons (Fsp3) is 0.490. The van der Waals surface area contributed by atoms with Crippen LogP contribution in [0.1, 0.15) is 99.8 Å². The molecule has 0 aliphatic rings. The highest BCUT2D eigenvalue weighted by atomic mass is 16.6. The number of amides is 4. The van der Waals surface area contributed by atoms with E-state index in [4.69, 9.17) is 26.0 Å². The van der Waals surface area contributed by atoms with Crippen molar-refractivity contribution in [2.75, 3.05) is 30.2 Å². The molecule has 0 aliphatic heterocycles. The van der Waals surface area contributed by atoms with Gasteiger partial charge in [0.2, 0.25) is 17.7 Å². The maximum atomic E-state index is 12.0. The van der Waals surface area contributed by atoms with Gasteiger partial charge in [0, 0.05) is 39.7 Å². The van der Waals surface area contributed by atoms with E-state index in [1.165, 1.54) is 14.2 Å².